The zero-order valence-electron chi connectivity index (χ0n) is 20.0. The molecule has 32 heavy (non-hydrogen) atoms. The number of benzene rings is 2. The van der Waals surface area contributed by atoms with Gasteiger partial charge >= 0.3 is 0 Å². The standard InChI is InChI=1S/C27H34ClN3Si/c1-19(2)32(20(3)4,21(5)6)14-12-25-16-23-10-8-7-9-22(23)15-24(25)11-13-29-27-17-26(28)30-18-31-27/h7-10,15-21H,11,13H2,1-6H3,(H,29,30,31). The van der Waals surface area contributed by atoms with Crippen molar-refractivity contribution in [3.63, 3.8) is 0 Å². The molecule has 1 heterocycles. The van der Waals surface area contributed by atoms with Crippen molar-refractivity contribution in [3.8, 4) is 11.5 Å². The summed E-state index contributed by atoms with van der Waals surface area (Å²) in [4.78, 5) is 8.18. The third-order valence-electron chi connectivity index (χ3n) is 6.59. The molecule has 1 N–H and O–H groups in total. The van der Waals surface area contributed by atoms with Crippen LogP contribution in [0.15, 0.2) is 48.8 Å². The van der Waals surface area contributed by atoms with E-state index in [1.54, 1.807) is 6.07 Å². The summed E-state index contributed by atoms with van der Waals surface area (Å²) in [5.74, 6) is 4.43. The van der Waals surface area contributed by atoms with Gasteiger partial charge < -0.3 is 5.32 Å². The van der Waals surface area contributed by atoms with Crippen molar-refractivity contribution < 1.29 is 0 Å². The summed E-state index contributed by atoms with van der Waals surface area (Å²) in [5, 5.41) is 6.29. The Balaban J connectivity index is 1.97. The smallest absolute Gasteiger partial charge is 0.146 e. The fourth-order valence-electron chi connectivity index (χ4n) is 4.97. The van der Waals surface area contributed by atoms with Crippen LogP contribution in [0.25, 0.3) is 10.8 Å². The van der Waals surface area contributed by atoms with Crippen molar-refractivity contribution in [2.75, 3.05) is 11.9 Å². The molecule has 0 fully saturated rings. The summed E-state index contributed by atoms with van der Waals surface area (Å²) < 4.78 is 0. The average molecular weight is 464 g/mol. The number of halogens is 1. The molecule has 0 saturated heterocycles. The minimum Gasteiger partial charge on any atom is -0.370 e. The second kappa shape index (κ2) is 10.5. The molecule has 0 aliphatic heterocycles. The van der Waals surface area contributed by atoms with Crippen LogP contribution >= 0.6 is 11.6 Å². The molecule has 0 spiro atoms. The van der Waals surface area contributed by atoms with E-state index in [0.717, 1.165) is 24.3 Å². The number of anilines is 1. The molecule has 0 saturated carbocycles. The molecule has 3 aromatic rings. The number of aromatic nitrogens is 2. The first-order chi connectivity index (χ1) is 15.2. The molecule has 0 radical (unpaired) electrons. The van der Waals surface area contributed by atoms with Crippen molar-refractivity contribution in [1.29, 1.82) is 0 Å². The molecule has 0 aliphatic carbocycles. The second-order valence-corrected chi connectivity index (χ2v) is 15.4. The van der Waals surface area contributed by atoms with Gasteiger partial charge in [-0.2, -0.15) is 0 Å². The Hall–Kier alpha value is -2.35. The van der Waals surface area contributed by atoms with E-state index in [-0.39, 0.29) is 0 Å². The number of hydrogen-bond acceptors (Lipinski definition) is 3. The van der Waals surface area contributed by atoms with Gasteiger partial charge in [0.1, 0.15) is 25.4 Å². The van der Waals surface area contributed by atoms with E-state index >= 15 is 0 Å². The predicted octanol–water partition coefficient (Wildman–Crippen LogP) is 7.51. The second-order valence-electron chi connectivity index (χ2n) is 9.41. The third-order valence-corrected chi connectivity index (χ3v) is 13.1. The molecule has 3 rings (SSSR count). The number of rotatable bonds is 7. The van der Waals surface area contributed by atoms with Crippen LogP contribution in [0.5, 0.6) is 0 Å². The minimum atomic E-state index is -1.80. The Morgan fingerprint density at radius 2 is 1.53 bits per heavy atom. The van der Waals surface area contributed by atoms with Gasteiger partial charge in [-0.1, -0.05) is 83.3 Å². The van der Waals surface area contributed by atoms with Crippen LogP contribution in [0.1, 0.15) is 52.7 Å². The summed E-state index contributed by atoms with van der Waals surface area (Å²) in [5.41, 5.74) is 8.15. The fraction of sp³-hybridized carbons (Fsp3) is 0.407. The molecule has 0 aliphatic rings. The first-order valence-electron chi connectivity index (χ1n) is 11.5. The summed E-state index contributed by atoms with van der Waals surface area (Å²) in [6.45, 7) is 14.9. The van der Waals surface area contributed by atoms with E-state index in [4.69, 9.17) is 11.6 Å². The van der Waals surface area contributed by atoms with Gasteiger partial charge in [-0.15, -0.1) is 5.54 Å². The lowest BCUT2D eigenvalue weighted by molar-refractivity contribution is 0.838. The zero-order valence-corrected chi connectivity index (χ0v) is 21.8. The number of fused-ring (bicyclic) bond motifs is 1. The molecule has 0 bridgehead atoms. The van der Waals surface area contributed by atoms with Gasteiger partial charge in [0, 0.05) is 18.2 Å². The highest BCUT2D eigenvalue weighted by Crippen LogP contribution is 2.40. The van der Waals surface area contributed by atoms with E-state index < -0.39 is 8.07 Å². The van der Waals surface area contributed by atoms with E-state index in [1.165, 1.54) is 22.7 Å². The van der Waals surface area contributed by atoms with E-state index in [9.17, 15) is 0 Å². The van der Waals surface area contributed by atoms with Crippen LogP contribution in [-0.4, -0.2) is 24.6 Å². The maximum absolute atomic E-state index is 5.99. The highest BCUT2D eigenvalue weighted by Gasteiger charge is 2.41. The van der Waals surface area contributed by atoms with Crippen LogP contribution in [0, 0.1) is 11.5 Å². The lowest BCUT2D eigenvalue weighted by Gasteiger charge is -2.38. The van der Waals surface area contributed by atoms with E-state index in [1.807, 2.05) is 0 Å². The van der Waals surface area contributed by atoms with E-state index in [0.29, 0.717) is 21.8 Å². The minimum absolute atomic E-state index is 0.442. The lowest BCUT2D eigenvalue weighted by atomic mass is 9.99. The molecule has 0 unspecified atom stereocenters. The Kier molecular flexibility index (Phi) is 7.98. The van der Waals surface area contributed by atoms with Crippen molar-refractivity contribution in [3.05, 3.63) is 65.1 Å². The highest BCUT2D eigenvalue weighted by atomic mass is 35.5. The van der Waals surface area contributed by atoms with Crippen LogP contribution < -0.4 is 5.32 Å². The third kappa shape index (κ3) is 5.34. The highest BCUT2D eigenvalue weighted by molar-refractivity contribution is 6.90. The summed E-state index contributed by atoms with van der Waals surface area (Å²) in [6.07, 6.45) is 2.33. The summed E-state index contributed by atoms with van der Waals surface area (Å²) in [7, 11) is -1.80. The maximum Gasteiger partial charge on any atom is 0.146 e. The quantitative estimate of drug-likeness (QED) is 0.224. The molecule has 2 aromatic carbocycles. The van der Waals surface area contributed by atoms with Gasteiger partial charge in [-0.05, 0) is 51.5 Å². The SMILES string of the molecule is CC(C)[Si](C#Cc1cc2ccccc2cc1CCNc1cc(Cl)ncn1)(C(C)C)C(C)C. The normalized spacial score (nSPS) is 11.8. The van der Waals surface area contributed by atoms with Crippen LogP contribution in [0.4, 0.5) is 5.82 Å². The number of hydrogen-bond donors (Lipinski definition) is 1. The first kappa shape index (κ1) is 24.3. The predicted molar refractivity (Wildman–Crippen MR) is 141 cm³/mol. The van der Waals surface area contributed by atoms with Gasteiger partial charge in [0.05, 0.1) is 0 Å². The molecule has 0 atom stereocenters. The average Bonchev–Trinajstić information content (AvgIpc) is 2.73. The van der Waals surface area contributed by atoms with Gasteiger partial charge in [0.25, 0.3) is 0 Å². The molecule has 1 aromatic heterocycles. The zero-order chi connectivity index (χ0) is 23.3. The van der Waals surface area contributed by atoms with Gasteiger partial charge in [-0.3, -0.25) is 0 Å². The van der Waals surface area contributed by atoms with Gasteiger partial charge in [0.15, 0.2) is 0 Å². The molecule has 0 amide bonds. The fourth-order valence-corrected chi connectivity index (χ4v) is 10.3. The molecule has 5 heteroatoms. The van der Waals surface area contributed by atoms with Crippen molar-refractivity contribution >= 4 is 36.3 Å². The molecule has 3 nitrogen and oxygen atoms in total. The van der Waals surface area contributed by atoms with Gasteiger partial charge in [-0.25, -0.2) is 9.97 Å². The first-order valence-corrected chi connectivity index (χ1v) is 14.1. The Labute approximate surface area is 199 Å². The summed E-state index contributed by atoms with van der Waals surface area (Å²) in [6, 6.07) is 14.8. The van der Waals surface area contributed by atoms with Gasteiger partial charge in [0.2, 0.25) is 0 Å². The number of nitrogens with zero attached hydrogens (tertiary/aromatic N) is 2. The lowest BCUT2D eigenvalue weighted by Crippen LogP contribution is -2.43. The largest absolute Gasteiger partial charge is 0.370 e. The Morgan fingerprint density at radius 3 is 2.12 bits per heavy atom. The number of nitrogens with one attached hydrogen (secondary N) is 1. The molecular formula is C27H34ClN3Si. The van der Waals surface area contributed by atoms with Crippen molar-refractivity contribution in [2.24, 2.45) is 0 Å². The topological polar surface area (TPSA) is 37.8 Å². The molecule has 168 valence electrons. The van der Waals surface area contributed by atoms with Crippen LogP contribution in [-0.2, 0) is 6.42 Å². The van der Waals surface area contributed by atoms with Crippen molar-refractivity contribution in [1.82, 2.24) is 9.97 Å². The molecular weight excluding hydrogens is 430 g/mol. The van der Waals surface area contributed by atoms with Crippen LogP contribution in [0.2, 0.25) is 21.8 Å². The van der Waals surface area contributed by atoms with E-state index in [2.05, 4.69) is 105 Å². The monoisotopic (exact) mass is 463 g/mol. The Morgan fingerprint density at radius 1 is 0.906 bits per heavy atom. The Bertz CT molecular complexity index is 1110. The maximum atomic E-state index is 5.99. The van der Waals surface area contributed by atoms with Crippen LogP contribution in [0.3, 0.4) is 0 Å². The van der Waals surface area contributed by atoms with Crippen molar-refractivity contribution in [2.45, 2.75) is 64.6 Å². The summed E-state index contributed by atoms with van der Waals surface area (Å²) >= 11 is 5.99.